The number of ether oxygens (including phenoxy) is 4. The summed E-state index contributed by atoms with van der Waals surface area (Å²) in [4.78, 5) is 40.3. The Morgan fingerprint density at radius 3 is 2.08 bits per heavy atom. The van der Waals surface area contributed by atoms with Gasteiger partial charge in [-0.25, -0.2) is 24.1 Å². The molecule has 0 bridgehead atoms. The molecule has 15 nitrogen and oxygen atoms in total. The lowest BCUT2D eigenvalue weighted by atomic mass is 9.71. The normalized spacial score (nSPS) is 13.6. The first kappa shape index (κ1) is 37.6. The van der Waals surface area contributed by atoms with E-state index in [0.717, 1.165) is 58.1 Å². The zero-order valence-electron chi connectivity index (χ0n) is 29.5. The zero-order chi connectivity index (χ0) is 36.9. The minimum absolute atomic E-state index is 0.0897. The number of nitrogens with one attached hydrogen (secondary N) is 4. The fourth-order valence-electron chi connectivity index (χ4n) is 6.28. The van der Waals surface area contributed by atoms with Crippen LogP contribution in [0, 0.1) is 0 Å². The highest BCUT2D eigenvalue weighted by Crippen LogP contribution is 2.42. The number of hydrogen-bond donors (Lipinski definition) is 5. The lowest BCUT2D eigenvalue weighted by Crippen LogP contribution is -2.51. The predicted molar refractivity (Wildman–Crippen MR) is 198 cm³/mol. The van der Waals surface area contributed by atoms with Crippen LogP contribution in [0.15, 0.2) is 77.7 Å². The largest absolute Gasteiger partial charge is 0.465 e. The number of amides is 2. The van der Waals surface area contributed by atoms with Crippen LogP contribution in [0.4, 0.5) is 4.79 Å². The molecule has 2 aromatic carbocycles. The van der Waals surface area contributed by atoms with Gasteiger partial charge in [-0.1, -0.05) is 54.6 Å². The summed E-state index contributed by atoms with van der Waals surface area (Å²) < 4.78 is 23.2. The molecule has 53 heavy (non-hydrogen) atoms. The summed E-state index contributed by atoms with van der Waals surface area (Å²) in [5.74, 6) is -0.0897. The maximum absolute atomic E-state index is 12.7. The molecule has 0 radical (unpaired) electrons. The molecule has 0 atom stereocenters. The van der Waals surface area contributed by atoms with Gasteiger partial charge in [0.05, 0.1) is 70.6 Å². The molecule has 280 valence electrons. The van der Waals surface area contributed by atoms with Crippen LogP contribution in [0.25, 0.3) is 38.9 Å². The number of carbonyl (C=O) groups excluding carboxylic acids is 1. The number of rotatable bonds is 21. The van der Waals surface area contributed by atoms with Gasteiger partial charge >= 0.3 is 11.8 Å². The number of carboxylic acid groups (broad SMARTS) is 1. The van der Waals surface area contributed by atoms with Gasteiger partial charge < -0.3 is 34.7 Å². The van der Waals surface area contributed by atoms with Crippen LogP contribution in [0.5, 0.6) is 0 Å². The molecule has 0 aliphatic heterocycles. The van der Waals surface area contributed by atoms with Crippen molar-refractivity contribution < 1.29 is 33.6 Å². The molecule has 1 aliphatic rings. The van der Waals surface area contributed by atoms with Crippen molar-refractivity contribution >= 4 is 28.6 Å². The Balaban J connectivity index is 0.942. The van der Waals surface area contributed by atoms with Crippen molar-refractivity contribution in [2.45, 2.75) is 24.8 Å². The molecule has 5 N–H and O–H groups in total. The number of fused-ring (bicyclic) bond motifs is 3. The van der Waals surface area contributed by atoms with Crippen molar-refractivity contribution in [3.63, 3.8) is 0 Å². The number of hydrogen-bond acceptors (Lipinski definition) is 10. The summed E-state index contributed by atoms with van der Waals surface area (Å²) in [6, 6.07) is 22.4. The third-order valence-corrected chi connectivity index (χ3v) is 9.18. The Morgan fingerprint density at radius 1 is 0.811 bits per heavy atom. The SMILES string of the molecule is O=C(O)NCCOCCOCCOCCOCCNC(=O)CNC1(c2ccc(-c3nc4ccn5c(=O)[nH]nc5c4cc3-c3ccccc3)cc2)CCC1. The van der Waals surface area contributed by atoms with E-state index < -0.39 is 6.09 Å². The molecule has 5 aromatic rings. The topological polar surface area (TPSA) is 190 Å². The second-order valence-corrected chi connectivity index (χ2v) is 12.6. The van der Waals surface area contributed by atoms with Crippen LogP contribution in [0.2, 0.25) is 0 Å². The second-order valence-electron chi connectivity index (χ2n) is 12.6. The standard InChI is InChI=1S/C38H45N7O8/c46-33(39-14-17-50-19-21-52-23-24-53-22-20-51-18-15-40-37(48)49)26-41-38(12-4-13-38)29-9-7-28(8-10-29)34-30(27-5-2-1-3-6-27)25-31-32(42-34)11-16-45-35(31)43-44-36(45)47/h1-3,5-11,16,25,40-41H,4,12-15,17-24,26H2,(H,39,46)(H,44,47)(H,48,49). The van der Waals surface area contributed by atoms with Gasteiger partial charge in [-0.05, 0) is 42.5 Å². The molecule has 1 fully saturated rings. The van der Waals surface area contributed by atoms with Gasteiger partial charge in [0.25, 0.3) is 0 Å². The van der Waals surface area contributed by atoms with Crippen molar-refractivity contribution in [2.75, 3.05) is 72.5 Å². The summed E-state index contributed by atoms with van der Waals surface area (Å²) in [5.41, 5.74) is 5.59. The van der Waals surface area contributed by atoms with Crippen LogP contribution in [0.1, 0.15) is 24.8 Å². The second kappa shape index (κ2) is 18.5. The van der Waals surface area contributed by atoms with Crippen LogP contribution < -0.4 is 21.6 Å². The predicted octanol–water partition coefficient (Wildman–Crippen LogP) is 3.32. The smallest absolute Gasteiger partial charge is 0.404 e. The minimum Gasteiger partial charge on any atom is -0.465 e. The van der Waals surface area contributed by atoms with Crippen molar-refractivity contribution in [2.24, 2.45) is 0 Å². The van der Waals surface area contributed by atoms with E-state index in [1.807, 2.05) is 36.4 Å². The Kier molecular flexibility index (Phi) is 13.1. The fourth-order valence-corrected chi connectivity index (χ4v) is 6.28. The zero-order valence-corrected chi connectivity index (χ0v) is 29.5. The van der Waals surface area contributed by atoms with E-state index in [1.54, 1.807) is 6.20 Å². The Morgan fingerprint density at radius 2 is 1.45 bits per heavy atom. The van der Waals surface area contributed by atoms with Crippen molar-refractivity contribution in [1.29, 1.82) is 0 Å². The van der Waals surface area contributed by atoms with E-state index in [1.165, 1.54) is 4.40 Å². The Bertz CT molecular complexity index is 2010. The summed E-state index contributed by atoms with van der Waals surface area (Å²) >= 11 is 0. The van der Waals surface area contributed by atoms with Gasteiger partial charge in [0.1, 0.15) is 0 Å². The third-order valence-electron chi connectivity index (χ3n) is 9.18. The van der Waals surface area contributed by atoms with Crippen LogP contribution in [-0.2, 0) is 29.3 Å². The van der Waals surface area contributed by atoms with Crippen LogP contribution in [-0.4, -0.2) is 109 Å². The average molecular weight is 728 g/mol. The molecular weight excluding hydrogens is 682 g/mol. The fraction of sp³-hybridized carbons (Fsp3) is 0.395. The number of carbonyl (C=O) groups is 2. The number of aromatic amines is 1. The summed E-state index contributed by atoms with van der Waals surface area (Å²) in [7, 11) is 0. The molecular formula is C38H45N7O8. The molecule has 3 aromatic heterocycles. The number of aromatic nitrogens is 4. The molecule has 0 saturated heterocycles. The van der Waals surface area contributed by atoms with Crippen molar-refractivity contribution in [3.05, 3.63) is 89.0 Å². The van der Waals surface area contributed by atoms with Crippen LogP contribution in [0.3, 0.4) is 0 Å². The highest BCUT2D eigenvalue weighted by molar-refractivity contribution is 5.98. The van der Waals surface area contributed by atoms with E-state index in [9.17, 15) is 14.4 Å². The van der Waals surface area contributed by atoms with E-state index in [-0.39, 0.29) is 30.2 Å². The third kappa shape index (κ3) is 9.82. The Labute approximate surface area is 306 Å². The summed E-state index contributed by atoms with van der Waals surface area (Å²) in [5, 5.41) is 24.7. The van der Waals surface area contributed by atoms with Gasteiger partial charge in [0.2, 0.25) is 5.91 Å². The highest BCUT2D eigenvalue weighted by atomic mass is 16.6. The molecule has 0 unspecified atom stereocenters. The quantitative estimate of drug-likeness (QED) is 0.0698. The van der Waals surface area contributed by atoms with Crippen molar-refractivity contribution in [1.82, 2.24) is 35.5 Å². The van der Waals surface area contributed by atoms with E-state index in [0.29, 0.717) is 65.0 Å². The highest BCUT2D eigenvalue weighted by Gasteiger charge is 2.38. The summed E-state index contributed by atoms with van der Waals surface area (Å²) in [6.45, 7) is 3.96. The van der Waals surface area contributed by atoms with Crippen LogP contribution >= 0.6 is 0 Å². The molecule has 1 saturated carbocycles. The summed E-state index contributed by atoms with van der Waals surface area (Å²) in [6.07, 6.45) is 3.58. The number of benzene rings is 2. The first-order chi connectivity index (χ1) is 25.9. The lowest BCUT2D eigenvalue weighted by Gasteiger charge is -2.43. The molecule has 0 spiro atoms. The van der Waals surface area contributed by atoms with E-state index in [2.05, 4.69) is 56.5 Å². The van der Waals surface area contributed by atoms with Gasteiger partial charge in [0.15, 0.2) is 5.65 Å². The number of H-pyrrole nitrogens is 1. The molecule has 6 rings (SSSR count). The molecule has 3 heterocycles. The van der Waals surface area contributed by atoms with E-state index >= 15 is 0 Å². The number of nitrogens with zero attached hydrogens (tertiary/aromatic N) is 3. The monoisotopic (exact) mass is 727 g/mol. The Hall–Kier alpha value is -5.19. The first-order valence-electron chi connectivity index (χ1n) is 17.8. The molecule has 15 heteroatoms. The van der Waals surface area contributed by atoms with Gasteiger partial charge in [-0.3, -0.25) is 10.1 Å². The average Bonchev–Trinajstić information content (AvgIpc) is 3.54. The van der Waals surface area contributed by atoms with E-state index in [4.69, 9.17) is 29.0 Å². The van der Waals surface area contributed by atoms with Gasteiger partial charge in [-0.2, -0.15) is 5.10 Å². The maximum Gasteiger partial charge on any atom is 0.404 e. The number of pyridine rings is 2. The van der Waals surface area contributed by atoms with Crippen molar-refractivity contribution in [3.8, 4) is 22.4 Å². The lowest BCUT2D eigenvalue weighted by molar-refractivity contribution is -0.121. The van der Waals surface area contributed by atoms with Gasteiger partial charge in [0, 0.05) is 41.3 Å². The molecule has 2 amide bonds. The maximum atomic E-state index is 12.7. The first-order valence-corrected chi connectivity index (χ1v) is 17.8. The molecule has 1 aliphatic carbocycles. The van der Waals surface area contributed by atoms with Gasteiger partial charge in [-0.15, -0.1) is 0 Å². The minimum atomic E-state index is -1.07.